The van der Waals surface area contributed by atoms with Crippen molar-refractivity contribution < 1.29 is 14.3 Å². The van der Waals surface area contributed by atoms with Crippen LogP contribution >= 0.6 is 11.3 Å². The number of aryl methyl sites for hydroxylation is 1. The quantitative estimate of drug-likeness (QED) is 0.514. The number of nitrogens with zero attached hydrogens (tertiary/aromatic N) is 3. The molecule has 2 aromatic carbocycles. The standard InChI is InChI=1S/C23H26N4O3S/c1-3-13-27(21(29)16-30-19-10-5-4-6-11-19)14-12-20(28)24-23-26-25-22(31-23)18-9-7-8-17(2)15-18/h4-11,15H,3,12-14,16H2,1-2H3,(H,24,26,28). The maximum absolute atomic E-state index is 12.5. The van der Waals surface area contributed by atoms with Gasteiger partial charge in [0.15, 0.2) is 6.61 Å². The van der Waals surface area contributed by atoms with Crippen LogP contribution in [0.3, 0.4) is 0 Å². The number of hydrogen-bond donors (Lipinski definition) is 1. The van der Waals surface area contributed by atoms with Crippen LogP contribution in [-0.2, 0) is 9.59 Å². The summed E-state index contributed by atoms with van der Waals surface area (Å²) in [5.74, 6) is 0.298. The zero-order valence-corrected chi connectivity index (χ0v) is 18.5. The van der Waals surface area contributed by atoms with Crippen molar-refractivity contribution >= 4 is 28.3 Å². The summed E-state index contributed by atoms with van der Waals surface area (Å²) in [5.41, 5.74) is 2.10. The minimum atomic E-state index is -0.204. The Morgan fingerprint density at radius 3 is 2.61 bits per heavy atom. The topological polar surface area (TPSA) is 84.4 Å². The maximum atomic E-state index is 12.5. The van der Waals surface area contributed by atoms with Gasteiger partial charge in [0, 0.05) is 25.1 Å². The molecular weight excluding hydrogens is 412 g/mol. The lowest BCUT2D eigenvalue weighted by Crippen LogP contribution is -2.37. The van der Waals surface area contributed by atoms with Gasteiger partial charge in [0.05, 0.1) is 0 Å². The first-order chi connectivity index (χ1) is 15.0. The number of ether oxygens (including phenoxy) is 1. The summed E-state index contributed by atoms with van der Waals surface area (Å²) in [5, 5.41) is 12.2. The van der Waals surface area contributed by atoms with E-state index in [0.29, 0.717) is 24.0 Å². The van der Waals surface area contributed by atoms with Crippen LogP contribution in [0.15, 0.2) is 54.6 Å². The van der Waals surface area contributed by atoms with Crippen LogP contribution in [0.1, 0.15) is 25.3 Å². The first-order valence-electron chi connectivity index (χ1n) is 10.2. The second-order valence-corrected chi connectivity index (χ2v) is 8.04. The Labute approximate surface area is 186 Å². The van der Waals surface area contributed by atoms with Crippen molar-refractivity contribution in [3.8, 4) is 16.3 Å². The third kappa shape index (κ3) is 6.89. The fourth-order valence-corrected chi connectivity index (χ4v) is 3.73. The van der Waals surface area contributed by atoms with E-state index in [1.807, 2.05) is 56.3 Å². The summed E-state index contributed by atoms with van der Waals surface area (Å²) in [7, 11) is 0. The normalized spacial score (nSPS) is 10.5. The lowest BCUT2D eigenvalue weighted by atomic mass is 10.1. The predicted molar refractivity (Wildman–Crippen MR) is 122 cm³/mol. The van der Waals surface area contributed by atoms with Crippen molar-refractivity contribution in [1.82, 2.24) is 15.1 Å². The van der Waals surface area contributed by atoms with Gasteiger partial charge in [0.1, 0.15) is 10.8 Å². The molecule has 3 aromatic rings. The number of hydrogen-bond acceptors (Lipinski definition) is 6. The molecule has 0 bridgehead atoms. The number of aromatic nitrogens is 2. The molecule has 1 heterocycles. The van der Waals surface area contributed by atoms with Crippen LogP contribution in [0.5, 0.6) is 5.75 Å². The monoisotopic (exact) mass is 438 g/mol. The van der Waals surface area contributed by atoms with Crippen molar-refractivity contribution in [2.24, 2.45) is 0 Å². The zero-order chi connectivity index (χ0) is 22.1. The first-order valence-corrected chi connectivity index (χ1v) is 11.0. The number of para-hydroxylation sites is 1. The molecule has 2 amide bonds. The lowest BCUT2D eigenvalue weighted by molar-refractivity contribution is -0.133. The summed E-state index contributed by atoms with van der Waals surface area (Å²) in [6.45, 7) is 4.84. The van der Waals surface area contributed by atoms with Crippen LogP contribution in [0.25, 0.3) is 10.6 Å². The predicted octanol–water partition coefficient (Wildman–Crippen LogP) is 4.16. The summed E-state index contributed by atoms with van der Waals surface area (Å²) in [4.78, 5) is 26.5. The van der Waals surface area contributed by atoms with Gasteiger partial charge in [-0.25, -0.2) is 0 Å². The Bertz CT molecular complexity index is 1010. The van der Waals surface area contributed by atoms with Crippen molar-refractivity contribution in [2.45, 2.75) is 26.7 Å². The molecule has 0 radical (unpaired) electrons. The van der Waals surface area contributed by atoms with Gasteiger partial charge in [-0.05, 0) is 31.5 Å². The van der Waals surface area contributed by atoms with E-state index in [1.54, 1.807) is 17.0 Å². The zero-order valence-electron chi connectivity index (χ0n) is 17.7. The molecule has 0 aliphatic carbocycles. The summed E-state index contributed by atoms with van der Waals surface area (Å²) in [6, 6.07) is 17.2. The van der Waals surface area contributed by atoms with Crippen LogP contribution in [-0.4, -0.2) is 46.6 Å². The molecular formula is C23H26N4O3S. The van der Waals surface area contributed by atoms with E-state index < -0.39 is 0 Å². The van der Waals surface area contributed by atoms with E-state index in [2.05, 4.69) is 15.5 Å². The number of rotatable bonds is 10. The molecule has 31 heavy (non-hydrogen) atoms. The first kappa shape index (κ1) is 22.4. The van der Waals surface area contributed by atoms with E-state index in [9.17, 15) is 9.59 Å². The number of nitrogens with one attached hydrogen (secondary N) is 1. The van der Waals surface area contributed by atoms with E-state index in [1.165, 1.54) is 11.3 Å². The van der Waals surface area contributed by atoms with Gasteiger partial charge < -0.3 is 15.0 Å². The van der Waals surface area contributed by atoms with Gasteiger partial charge in [0.2, 0.25) is 11.0 Å². The molecule has 1 N–H and O–H groups in total. The Morgan fingerprint density at radius 1 is 1.06 bits per heavy atom. The van der Waals surface area contributed by atoms with Crippen molar-refractivity contribution in [2.75, 3.05) is 25.0 Å². The Kier molecular flexibility index (Phi) is 8.12. The fraction of sp³-hybridized carbons (Fsp3) is 0.304. The number of anilines is 1. The third-order valence-electron chi connectivity index (χ3n) is 4.50. The maximum Gasteiger partial charge on any atom is 0.260 e. The van der Waals surface area contributed by atoms with Gasteiger partial charge in [-0.15, -0.1) is 10.2 Å². The molecule has 0 aliphatic rings. The second-order valence-electron chi connectivity index (χ2n) is 7.06. The van der Waals surface area contributed by atoms with E-state index in [4.69, 9.17) is 4.74 Å². The van der Waals surface area contributed by atoms with Crippen LogP contribution in [0.2, 0.25) is 0 Å². The molecule has 1 aromatic heterocycles. The fourth-order valence-electron chi connectivity index (χ4n) is 2.97. The largest absolute Gasteiger partial charge is 0.484 e. The van der Waals surface area contributed by atoms with Gasteiger partial charge in [-0.1, -0.05) is 60.2 Å². The molecule has 8 heteroatoms. The lowest BCUT2D eigenvalue weighted by Gasteiger charge is -2.21. The Balaban J connectivity index is 1.50. The smallest absolute Gasteiger partial charge is 0.260 e. The highest BCUT2D eigenvalue weighted by Crippen LogP contribution is 2.26. The Hall–Kier alpha value is -3.26. The number of carbonyl (C=O) groups is 2. The average Bonchev–Trinajstić information content (AvgIpc) is 3.24. The molecule has 0 unspecified atom stereocenters. The van der Waals surface area contributed by atoms with Crippen LogP contribution in [0, 0.1) is 6.92 Å². The number of benzene rings is 2. The highest BCUT2D eigenvalue weighted by atomic mass is 32.1. The van der Waals surface area contributed by atoms with Crippen LogP contribution < -0.4 is 10.1 Å². The minimum absolute atomic E-state index is 0.0537. The van der Waals surface area contributed by atoms with E-state index in [-0.39, 0.29) is 24.8 Å². The van der Waals surface area contributed by atoms with Crippen molar-refractivity contribution in [1.29, 1.82) is 0 Å². The molecule has 3 rings (SSSR count). The molecule has 0 atom stereocenters. The van der Waals surface area contributed by atoms with E-state index >= 15 is 0 Å². The van der Waals surface area contributed by atoms with Crippen molar-refractivity contribution in [3.05, 3.63) is 60.2 Å². The number of carbonyl (C=O) groups excluding carboxylic acids is 2. The van der Waals surface area contributed by atoms with Gasteiger partial charge >= 0.3 is 0 Å². The molecule has 0 fully saturated rings. The minimum Gasteiger partial charge on any atom is -0.484 e. The molecule has 0 aliphatic heterocycles. The van der Waals surface area contributed by atoms with Crippen LogP contribution in [0.4, 0.5) is 5.13 Å². The summed E-state index contributed by atoms with van der Waals surface area (Å²) < 4.78 is 5.54. The van der Waals surface area contributed by atoms with Gasteiger partial charge in [-0.3, -0.25) is 9.59 Å². The summed E-state index contributed by atoms with van der Waals surface area (Å²) >= 11 is 1.32. The molecule has 7 nitrogen and oxygen atoms in total. The van der Waals surface area contributed by atoms with Gasteiger partial charge in [0.25, 0.3) is 5.91 Å². The highest BCUT2D eigenvalue weighted by molar-refractivity contribution is 7.18. The van der Waals surface area contributed by atoms with Gasteiger partial charge in [-0.2, -0.15) is 0 Å². The Morgan fingerprint density at radius 2 is 1.87 bits per heavy atom. The second kappa shape index (κ2) is 11.2. The highest BCUT2D eigenvalue weighted by Gasteiger charge is 2.16. The number of amides is 2. The average molecular weight is 439 g/mol. The summed E-state index contributed by atoms with van der Waals surface area (Å²) in [6.07, 6.45) is 0.978. The van der Waals surface area contributed by atoms with Crippen molar-refractivity contribution in [3.63, 3.8) is 0 Å². The molecule has 0 spiro atoms. The third-order valence-corrected chi connectivity index (χ3v) is 5.38. The van der Waals surface area contributed by atoms with E-state index in [0.717, 1.165) is 22.6 Å². The molecule has 0 saturated heterocycles. The molecule has 0 saturated carbocycles. The SMILES string of the molecule is CCCN(CCC(=O)Nc1nnc(-c2cccc(C)c2)s1)C(=O)COc1ccccc1. The molecule has 162 valence electrons.